The molecule has 0 saturated heterocycles. The molecule has 0 atom stereocenters. The largest absolute Gasteiger partial charge is 0.309 e. The number of benzene rings is 8. The molecule has 11 aromatic rings. The van der Waals surface area contributed by atoms with E-state index < -0.39 is 0 Å². The van der Waals surface area contributed by atoms with Crippen molar-refractivity contribution in [1.29, 1.82) is 10.5 Å². The molecule has 0 unspecified atom stereocenters. The number of hydrogen-bond donors (Lipinski definition) is 0. The average molecular weight is 794 g/mol. The molecule has 0 aliphatic rings. The molecular weight excluding hydrogens is 759 g/mol. The van der Waals surface area contributed by atoms with Crippen molar-refractivity contribution in [1.82, 2.24) is 24.1 Å². The van der Waals surface area contributed by atoms with Gasteiger partial charge in [0.25, 0.3) is 0 Å². The van der Waals surface area contributed by atoms with E-state index in [0.29, 0.717) is 28.6 Å². The van der Waals surface area contributed by atoms with Gasteiger partial charge in [-0.05, 0) is 92.2 Å². The number of nitrogens with zero attached hydrogens (tertiary/aromatic N) is 7. The zero-order valence-electron chi connectivity index (χ0n) is 33.9. The van der Waals surface area contributed by atoms with Gasteiger partial charge >= 0.3 is 0 Å². The molecule has 8 aromatic carbocycles. The van der Waals surface area contributed by atoms with Gasteiger partial charge in [0.15, 0.2) is 17.5 Å². The van der Waals surface area contributed by atoms with Crippen LogP contribution in [0.3, 0.4) is 0 Å². The van der Waals surface area contributed by atoms with Gasteiger partial charge in [-0.25, -0.2) is 15.0 Å². The second-order valence-electron chi connectivity index (χ2n) is 15.7. The van der Waals surface area contributed by atoms with Crippen molar-refractivity contribution in [3.05, 3.63) is 198 Å². The monoisotopic (exact) mass is 793 g/mol. The molecule has 0 amide bonds. The molecule has 11 rings (SSSR count). The molecule has 3 aromatic heterocycles. The molecule has 290 valence electrons. The van der Waals surface area contributed by atoms with Gasteiger partial charge in [-0.15, -0.1) is 0 Å². The summed E-state index contributed by atoms with van der Waals surface area (Å²) in [4.78, 5) is 15.5. The minimum absolute atomic E-state index is 0.487. The Morgan fingerprint density at radius 2 is 0.871 bits per heavy atom. The highest BCUT2D eigenvalue weighted by atomic mass is 15.0. The Labute approximate surface area is 357 Å². The summed E-state index contributed by atoms with van der Waals surface area (Å²) in [5, 5.41) is 24.7. The molecule has 7 nitrogen and oxygen atoms in total. The lowest BCUT2D eigenvalue weighted by Crippen LogP contribution is -2.03. The van der Waals surface area contributed by atoms with Crippen molar-refractivity contribution in [3.8, 4) is 68.8 Å². The lowest BCUT2D eigenvalue weighted by molar-refractivity contribution is 1.07. The molecule has 7 heteroatoms. The second kappa shape index (κ2) is 14.6. The van der Waals surface area contributed by atoms with Crippen LogP contribution in [0.2, 0.25) is 0 Å². The van der Waals surface area contributed by atoms with E-state index in [9.17, 15) is 10.5 Å². The first-order chi connectivity index (χ1) is 30.4. The fourth-order valence-corrected chi connectivity index (χ4v) is 8.82. The Kier molecular flexibility index (Phi) is 8.56. The third kappa shape index (κ3) is 6.00. The Morgan fingerprint density at radius 3 is 1.45 bits per heavy atom. The predicted octanol–water partition coefficient (Wildman–Crippen LogP) is 13.1. The minimum atomic E-state index is 0.487. The fourth-order valence-electron chi connectivity index (χ4n) is 8.82. The molecule has 0 N–H and O–H groups in total. The van der Waals surface area contributed by atoms with Crippen molar-refractivity contribution in [3.63, 3.8) is 0 Å². The summed E-state index contributed by atoms with van der Waals surface area (Å²) >= 11 is 0. The molecule has 0 spiro atoms. The number of hydrogen-bond acceptors (Lipinski definition) is 5. The summed E-state index contributed by atoms with van der Waals surface area (Å²) in [6.07, 6.45) is 0. The van der Waals surface area contributed by atoms with Crippen molar-refractivity contribution in [2.45, 2.75) is 13.8 Å². The SMILES string of the molecule is Cc1ccc2c(c1)c1ccccc1n2-c1cc(-c2nc(-c3ccccc3)nc(-c3ccc(-c4ccc(C#N)cc4)c(-n4c5ccccc5c5cc(C)ccc54)c3)n2)ccc1C#N. The van der Waals surface area contributed by atoms with E-state index in [1.165, 1.54) is 16.5 Å². The van der Waals surface area contributed by atoms with Gasteiger partial charge in [-0.2, -0.15) is 10.5 Å². The highest BCUT2D eigenvalue weighted by Gasteiger charge is 2.21. The molecule has 3 heterocycles. The Hall–Kier alpha value is -8.65. The first-order valence-corrected chi connectivity index (χ1v) is 20.5. The second-order valence-corrected chi connectivity index (χ2v) is 15.7. The maximum atomic E-state index is 10.5. The van der Waals surface area contributed by atoms with Crippen LogP contribution in [0.1, 0.15) is 22.3 Å². The summed E-state index contributed by atoms with van der Waals surface area (Å²) in [7, 11) is 0. The van der Waals surface area contributed by atoms with Crippen molar-refractivity contribution < 1.29 is 0 Å². The molecule has 0 aliphatic carbocycles. The van der Waals surface area contributed by atoms with Gasteiger partial charge in [0.1, 0.15) is 6.07 Å². The van der Waals surface area contributed by atoms with Crippen molar-refractivity contribution in [2.24, 2.45) is 0 Å². The standard InChI is InChI=1S/C55H35N7/c1-34-16-26-49-45(28-34)43-12-6-8-14-47(43)61(49)51-30-39(22-23-41(51)33-57)54-58-53(38-10-4-3-5-11-38)59-55(60-54)40-24-25-42(37-20-18-36(32-56)19-21-37)52(31-40)62-48-15-9-7-13-44(48)46-29-35(2)17-27-50(46)62/h3-31H,1-2H3. The maximum absolute atomic E-state index is 10.5. The number of aromatic nitrogens is 5. The number of para-hydroxylation sites is 2. The van der Waals surface area contributed by atoms with Crippen LogP contribution in [0.25, 0.3) is 100 Å². The molecular formula is C55H35N7. The highest BCUT2D eigenvalue weighted by molar-refractivity contribution is 6.11. The summed E-state index contributed by atoms with van der Waals surface area (Å²) in [5.41, 5.74) is 13.8. The van der Waals surface area contributed by atoms with E-state index in [1.807, 2.05) is 78.9 Å². The first kappa shape index (κ1) is 36.4. The maximum Gasteiger partial charge on any atom is 0.164 e. The molecule has 0 bridgehead atoms. The van der Waals surface area contributed by atoms with E-state index in [4.69, 9.17) is 15.0 Å². The normalized spacial score (nSPS) is 11.4. The van der Waals surface area contributed by atoms with Gasteiger partial charge < -0.3 is 9.13 Å². The Morgan fingerprint density at radius 1 is 0.387 bits per heavy atom. The molecule has 0 aliphatic heterocycles. The molecule has 0 fully saturated rings. The number of fused-ring (bicyclic) bond motifs is 6. The highest BCUT2D eigenvalue weighted by Crippen LogP contribution is 2.40. The van der Waals surface area contributed by atoms with Gasteiger partial charge in [0, 0.05) is 43.8 Å². The summed E-state index contributed by atoms with van der Waals surface area (Å²) in [6.45, 7) is 4.22. The summed E-state index contributed by atoms with van der Waals surface area (Å²) in [6, 6.07) is 64.4. The van der Waals surface area contributed by atoms with Crippen LogP contribution in [0.4, 0.5) is 0 Å². The lowest BCUT2D eigenvalue weighted by Gasteiger charge is -2.17. The van der Waals surface area contributed by atoms with Gasteiger partial charge in [-0.3, -0.25) is 0 Å². The fraction of sp³-hybridized carbons (Fsp3) is 0.0364. The lowest BCUT2D eigenvalue weighted by atomic mass is 9.99. The average Bonchev–Trinajstić information content (AvgIpc) is 3.83. The molecule has 0 saturated carbocycles. The Bertz CT molecular complexity index is 3670. The topological polar surface area (TPSA) is 96.1 Å². The third-order valence-corrected chi connectivity index (χ3v) is 11.8. The van der Waals surface area contributed by atoms with Gasteiger partial charge in [0.2, 0.25) is 0 Å². The first-order valence-electron chi connectivity index (χ1n) is 20.5. The molecule has 62 heavy (non-hydrogen) atoms. The van der Waals surface area contributed by atoms with Crippen LogP contribution >= 0.6 is 0 Å². The van der Waals surface area contributed by atoms with E-state index in [-0.39, 0.29) is 0 Å². The van der Waals surface area contributed by atoms with Gasteiger partial charge in [0.05, 0.1) is 50.6 Å². The van der Waals surface area contributed by atoms with E-state index in [0.717, 1.165) is 77.4 Å². The van der Waals surface area contributed by atoms with Gasteiger partial charge in [-0.1, -0.05) is 114 Å². The number of rotatable bonds is 6. The van der Waals surface area contributed by atoms with E-state index >= 15 is 0 Å². The van der Waals surface area contributed by atoms with Crippen LogP contribution in [0.5, 0.6) is 0 Å². The smallest absolute Gasteiger partial charge is 0.164 e. The van der Waals surface area contributed by atoms with Crippen molar-refractivity contribution >= 4 is 43.6 Å². The number of aryl methyl sites for hydroxylation is 2. The Balaban J connectivity index is 1.15. The van der Waals surface area contributed by atoms with Crippen LogP contribution < -0.4 is 0 Å². The summed E-state index contributed by atoms with van der Waals surface area (Å²) < 4.78 is 4.50. The predicted molar refractivity (Wildman–Crippen MR) is 249 cm³/mol. The zero-order chi connectivity index (χ0) is 41.9. The van der Waals surface area contributed by atoms with Crippen molar-refractivity contribution in [2.75, 3.05) is 0 Å². The summed E-state index contributed by atoms with van der Waals surface area (Å²) in [5.74, 6) is 1.53. The molecule has 0 radical (unpaired) electrons. The third-order valence-electron chi connectivity index (χ3n) is 11.8. The van der Waals surface area contributed by atoms with E-state index in [2.05, 4.69) is 132 Å². The minimum Gasteiger partial charge on any atom is -0.309 e. The van der Waals surface area contributed by atoms with Crippen LogP contribution in [0.15, 0.2) is 176 Å². The van der Waals surface area contributed by atoms with Crippen LogP contribution in [0, 0.1) is 36.5 Å². The zero-order valence-corrected chi connectivity index (χ0v) is 33.9. The van der Waals surface area contributed by atoms with Crippen LogP contribution in [-0.2, 0) is 0 Å². The number of nitriles is 2. The quantitative estimate of drug-likeness (QED) is 0.167. The van der Waals surface area contributed by atoms with E-state index in [1.54, 1.807) is 0 Å². The van der Waals surface area contributed by atoms with Crippen LogP contribution in [-0.4, -0.2) is 24.1 Å².